The molecular weight excluding hydrogens is 132 g/mol. The molecule has 10 heavy (non-hydrogen) atoms. The molecule has 0 aliphatic heterocycles. The number of hydrogen-bond acceptors (Lipinski definition) is 3. The first-order valence-electron chi connectivity index (χ1n) is 3.36. The van der Waals surface area contributed by atoms with E-state index in [1.165, 1.54) is 0 Å². The Hall–Kier alpha value is -0.610. The summed E-state index contributed by atoms with van der Waals surface area (Å²) in [6.07, 6.45) is 2.08. The topological polar surface area (TPSA) is 89.3 Å². The van der Waals surface area contributed by atoms with Crippen LogP contribution in [0.1, 0.15) is 25.7 Å². The summed E-state index contributed by atoms with van der Waals surface area (Å²) in [5.41, 5.74) is 10.5. The molecule has 0 radical (unpaired) electrons. The fourth-order valence-corrected chi connectivity index (χ4v) is 0.656. The van der Waals surface area contributed by atoms with Crippen molar-refractivity contribution >= 4 is 5.97 Å². The van der Waals surface area contributed by atoms with E-state index in [0.717, 1.165) is 6.42 Å². The SMILES string of the molecule is NC(N)CCCCC(=O)O. The number of carbonyl (C=O) groups is 1. The van der Waals surface area contributed by atoms with Gasteiger partial charge in [0.25, 0.3) is 0 Å². The second-order valence-electron chi connectivity index (χ2n) is 2.30. The van der Waals surface area contributed by atoms with Gasteiger partial charge < -0.3 is 16.6 Å². The Bertz CT molecular complexity index is 104. The van der Waals surface area contributed by atoms with Gasteiger partial charge in [0.1, 0.15) is 0 Å². The molecule has 0 saturated heterocycles. The molecule has 0 atom stereocenters. The first kappa shape index (κ1) is 9.39. The molecule has 0 saturated carbocycles. The lowest BCUT2D eigenvalue weighted by atomic mass is 10.2. The Balaban J connectivity index is 2.98. The van der Waals surface area contributed by atoms with E-state index < -0.39 is 5.97 Å². The van der Waals surface area contributed by atoms with Crippen LogP contribution in [0, 0.1) is 0 Å². The van der Waals surface area contributed by atoms with Crippen molar-refractivity contribution in [3.05, 3.63) is 0 Å². The van der Waals surface area contributed by atoms with E-state index in [0.29, 0.717) is 12.8 Å². The highest BCUT2D eigenvalue weighted by molar-refractivity contribution is 5.66. The van der Waals surface area contributed by atoms with E-state index in [9.17, 15) is 4.79 Å². The summed E-state index contributed by atoms with van der Waals surface area (Å²) in [4.78, 5) is 9.98. The number of hydrogen-bond donors (Lipinski definition) is 3. The van der Waals surface area contributed by atoms with E-state index >= 15 is 0 Å². The highest BCUT2D eigenvalue weighted by atomic mass is 16.4. The van der Waals surface area contributed by atoms with Gasteiger partial charge in [-0.25, -0.2) is 0 Å². The molecule has 0 spiro atoms. The third-order valence-corrected chi connectivity index (χ3v) is 1.18. The first-order chi connectivity index (χ1) is 4.63. The minimum atomic E-state index is -0.759. The van der Waals surface area contributed by atoms with Gasteiger partial charge in [-0.15, -0.1) is 0 Å². The predicted octanol–water partition coefficient (Wildman–Crippen LogP) is -0.125. The maximum atomic E-state index is 9.98. The van der Waals surface area contributed by atoms with Crippen LogP contribution in [-0.4, -0.2) is 17.2 Å². The van der Waals surface area contributed by atoms with E-state index in [1.807, 2.05) is 0 Å². The summed E-state index contributed by atoms with van der Waals surface area (Å²) in [5.74, 6) is -0.759. The molecule has 0 aromatic rings. The number of carboxylic acids is 1. The Morgan fingerprint density at radius 3 is 2.40 bits per heavy atom. The number of nitrogens with two attached hydrogens (primary N) is 2. The lowest BCUT2D eigenvalue weighted by Crippen LogP contribution is -2.29. The van der Waals surface area contributed by atoms with Crippen molar-refractivity contribution in [2.45, 2.75) is 31.8 Å². The molecule has 0 rings (SSSR count). The molecule has 0 aliphatic carbocycles. The zero-order valence-corrected chi connectivity index (χ0v) is 5.92. The van der Waals surface area contributed by atoms with Crippen LogP contribution in [0.4, 0.5) is 0 Å². The lowest BCUT2D eigenvalue weighted by Gasteiger charge is -2.01. The van der Waals surface area contributed by atoms with E-state index in [4.69, 9.17) is 16.6 Å². The standard InChI is InChI=1S/C6H14N2O2/c7-5(8)3-1-2-4-6(9)10/h5H,1-4,7-8H2,(H,9,10). The molecule has 0 amide bonds. The smallest absolute Gasteiger partial charge is 0.303 e. The second kappa shape index (κ2) is 5.20. The second-order valence-corrected chi connectivity index (χ2v) is 2.30. The molecule has 5 N–H and O–H groups in total. The molecule has 4 nitrogen and oxygen atoms in total. The Kier molecular flexibility index (Phi) is 4.88. The van der Waals surface area contributed by atoms with Crippen molar-refractivity contribution in [3.8, 4) is 0 Å². The molecule has 4 heteroatoms. The van der Waals surface area contributed by atoms with Crippen molar-refractivity contribution in [3.63, 3.8) is 0 Å². The van der Waals surface area contributed by atoms with Gasteiger partial charge in [0.2, 0.25) is 0 Å². The number of aliphatic carboxylic acids is 1. The predicted molar refractivity (Wildman–Crippen MR) is 38.3 cm³/mol. The number of unbranched alkanes of at least 4 members (excludes halogenated alkanes) is 1. The Morgan fingerprint density at radius 1 is 1.40 bits per heavy atom. The van der Waals surface area contributed by atoms with Crippen LogP contribution in [0.3, 0.4) is 0 Å². The van der Waals surface area contributed by atoms with Crippen LogP contribution in [0.2, 0.25) is 0 Å². The van der Waals surface area contributed by atoms with Gasteiger partial charge in [-0.05, 0) is 12.8 Å². The zero-order valence-electron chi connectivity index (χ0n) is 5.92. The van der Waals surface area contributed by atoms with Gasteiger partial charge >= 0.3 is 5.97 Å². The largest absolute Gasteiger partial charge is 0.481 e. The fourth-order valence-electron chi connectivity index (χ4n) is 0.656. The van der Waals surface area contributed by atoms with Crippen LogP contribution in [0.5, 0.6) is 0 Å². The fraction of sp³-hybridized carbons (Fsp3) is 0.833. The summed E-state index contributed by atoms with van der Waals surface area (Å²) in [6.45, 7) is 0. The molecule has 0 aromatic carbocycles. The van der Waals surface area contributed by atoms with Crippen molar-refractivity contribution in [1.82, 2.24) is 0 Å². The molecule has 0 unspecified atom stereocenters. The van der Waals surface area contributed by atoms with Crippen molar-refractivity contribution in [1.29, 1.82) is 0 Å². The van der Waals surface area contributed by atoms with Gasteiger partial charge in [-0.1, -0.05) is 6.42 Å². The summed E-state index contributed by atoms with van der Waals surface area (Å²) < 4.78 is 0. The normalized spacial score (nSPS) is 10.3. The molecule has 0 aromatic heterocycles. The van der Waals surface area contributed by atoms with Crippen molar-refractivity contribution < 1.29 is 9.90 Å². The molecule has 0 heterocycles. The number of carboxylic acid groups (broad SMARTS) is 1. The lowest BCUT2D eigenvalue weighted by molar-refractivity contribution is -0.137. The van der Waals surface area contributed by atoms with Gasteiger partial charge in [0.05, 0.1) is 6.17 Å². The summed E-state index contributed by atoms with van der Waals surface area (Å²) >= 11 is 0. The highest BCUT2D eigenvalue weighted by Crippen LogP contribution is 1.99. The zero-order chi connectivity index (χ0) is 7.98. The maximum absolute atomic E-state index is 9.98. The van der Waals surface area contributed by atoms with E-state index in [1.54, 1.807) is 0 Å². The van der Waals surface area contributed by atoms with Crippen LogP contribution in [0.25, 0.3) is 0 Å². The van der Waals surface area contributed by atoms with Crippen LogP contribution in [-0.2, 0) is 4.79 Å². The molecule has 0 bridgehead atoms. The summed E-state index contributed by atoms with van der Waals surface area (Å²) in [7, 11) is 0. The van der Waals surface area contributed by atoms with Crippen LogP contribution < -0.4 is 11.5 Å². The molecule has 60 valence electrons. The van der Waals surface area contributed by atoms with E-state index in [2.05, 4.69) is 0 Å². The van der Waals surface area contributed by atoms with Crippen LogP contribution >= 0.6 is 0 Å². The Morgan fingerprint density at radius 2 is 2.00 bits per heavy atom. The van der Waals surface area contributed by atoms with Gasteiger partial charge in [0.15, 0.2) is 0 Å². The van der Waals surface area contributed by atoms with Gasteiger partial charge in [-0.3, -0.25) is 4.79 Å². The number of rotatable bonds is 5. The van der Waals surface area contributed by atoms with Crippen molar-refractivity contribution in [2.24, 2.45) is 11.5 Å². The van der Waals surface area contributed by atoms with Crippen LogP contribution in [0.15, 0.2) is 0 Å². The van der Waals surface area contributed by atoms with Crippen molar-refractivity contribution in [2.75, 3.05) is 0 Å². The average Bonchev–Trinajstić information content (AvgIpc) is 1.79. The van der Waals surface area contributed by atoms with E-state index in [-0.39, 0.29) is 12.6 Å². The monoisotopic (exact) mass is 146 g/mol. The third kappa shape index (κ3) is 7.39. The summed E-state index contributed by atoms with van der Waals surface area (Å²) in [5, 5.41) is 8.22. The molecular formula is C6H14N2O2. The van der Waals surface area contributed by atoms with Gasteiger partial charge in [-0.2, -0.15) is 0 Å². The third-order valence-electron chi connectivity index (χ3n) is 1.18. The first-order valence-corrected chi connectivity index (χ1v) is 3.36. The maximum Gasteiger partial charge on any atom is 0.303 e. The minimum absolute atomic E-state index is 0.215. The Labute approximate surface area is 60.2 Å². The quantitative estimate of drug-likeness (QED) is 0.372. The van der Waals surface area contributed by atoms with Gasteiger partial charge in [0, 0.05) is 6.42 Å². The molecule has 0 aliphatic rings. The summed E-state index contributed by atoms with van der Waals surface area (Å²) in [6, 6.07) is 0. The molecule has 0 fully saturated rings. The average molecular weight is 146 g/mol. The highest BCUT2D eigenvalue weighted by Gasteiger charge is 1.97. The minimum Gasteiger partial charge on any atom is -0.481 e.